The predicted octanol–water partition coefficient (Wildman–Crippen LogP) is 4.81. The molecule has 6 rings (SSSR count). The van der Waals surface area contributed by atoms with Crippen LogP contribution in [0, 0.1) is 35.0 Å². The van der Waals surface area contributed by atoms with Crippen molar-refractivity contribution >= 4 is 28.1 Å². The molecule has 4 heterocycles. The summed E-state index contributed by atoms with van der Waals surface area (Å²) in [6.07, 6.45) is 2.22. The standard InChI is InChI=1S/C36H41N7O2/c1-6-32(44)43-18-17-42(20-26(43)13-15-37)34-27-14-16-41(30-12-8-11-25-10-7-9-24(2)33(25)30)21-29(27)39-35(28(34)19-38)45-22-31-36(3,4)23-40(31)5/h6-12,26,31H,1,13-14,16-18,20-23H2,2-5H3. The highest BCUT2D eigenvalue weighted by molar-refractivity contribution is 5.97. The minimum Gasteiger partial charge on any atom is -0.475 e. The highest BCUT2D eigenvalue weighted by Crippen LogP contribution is 2.41. The van der Waals surface area contributed by atoms with Gasteiger partial charge in [0.05, 0.1) is 36.5 Å². The van der Waals surface area contributed by atoms with E-state index in [0.717, 1.165) is 30.0 Å². The van der Waals surface area contributed by atoms with E-state index in [4.69, 9.17) is 9.72 Å². The Morgan fingerprint density at radius 1 is 1.16 bits per heavy atom. The van der Waals surface area contributed by atoms with Gasteiger partial charge in [0.1, 0.15) is 18.2 Å². The summed E-state index contributed by atoms with van der Waals surface area (Å²) in [6.45, 7) is 14.5. The summed E-state index contributed by atoms with van der Waals surface area (Å²) in [4.78, 5) is 26.3. The van der Waals surface area contributed by atoms with Crippen LogP contribution in [-0.4, -0.2) is 79.2 Å². The van der Waals surface area contributed by atoms with Gasteiger partial charge >= 0.3 is 0 Å². The number of aromatic nitrogens is 1. The number of pyridine rings is 1. The SMILES string of the molecule is C=CC(=O)N1CCN(c2c(C#N)c(OCC3N(C)CC3(C)C)nc3c2CCN(c2cccc4cccc(C)c24)C3)CC1CC#N. The lowest BCUT2D eigenvalue weighted by molar-refractivity contribution is -0.128. The van der Waals surface area contributed by atoms with Crippen LogP contribution in [0.15, 0.2) is 49.1 Å². The molecular formula is C36H41N7O2. The maximum atomic E-state index is 12.6. The fraction of sp³-hybridized carbons (Fsp3) is 0.444. The Hall–Kier alpha value is -4.60. The van der Waals surface area contributed by atoms with Gasteiger partial charge in [0.15, 0.2) is 0 Å². The number of anilines is 2. The average Bonchev–Trinajstić information content (AvgIpc) is 3.03. The fourth-order valence-corrected chi connectivity index (χ4v) is 7.66. The Balaban J connectivity index is 1.41. The quantitative estimate of drug-likeness (QED) is 0.355. The lowest BCUT2D eigenvalue weighted by Crippen LogP contribution is -2.62. The van der Waals surface area contributed by atoms with E-state index < -0.39 is 0 Å². The molecule has 0 N–H and O–H groups in total. The number of nitriles is 2. The molecule has 9 heteroatoms. The summed E-state index contributed by atoms with van der Waals surface area (Å²) in [7, 11) is 2.10. The first-order valence-electron chi connectivity index (χ1n) is 15.7. The number of carbonyl (C=O) groups is 1. The molecule has 2 fully saturated rings. The number of rotatable bonds is 7. The normalized spacial score (nSPS) is 21.0. The van der Waals surface area contributed by atoms with Crippen molar-refractivity contribution in [1.29, 1.82) is 10.5 Å². The molecule has 2 atom stereocenters. The van der Waals surface area contributed by atoms with Gasteiger partial charge in [-0.1, -0.05) is 50.8 Å². The van der Waals surface area contributed by atoms with E-state index in [1.54, 1.807) is 4.90 Å². The van der Waals surface area contributed by atoms with Gasteiger partial charge in [0.25, 0.3) is 0 Å². The number of carbonyl (C=O) groups excluding carboxylic acids is 1. The van der Waals surface area contributed by atoms with Crippen LogP contribution in [0.3, 0.4) is 0 Å². The smallest absolute Gasteiger partial charge is 0.246 e. The van der Waals surface area contributed by atoms with E-state index in [1.807, 2.05) is 0 Å². The first-order chi connectivity index (χ1) is 21.7. The second-order valence-corrected chi connectivity index (χ2v) is 13.2. The molecule has 1 amide bonds. The van der Waals surface area contributed by atoms with Crippen molar-refractivity contribution in [2.75, 3.05) is 56.2 Å². The monoisotopic (exact) mass is 603 g/mol. The Labute approximate surface area is 265 Å². The summed E-state index contributed by atoms with van der Waals surface area (Å²) in [5.74, 6) is 0.184. The molecule has 1 aromatic heterocycles. The number of hydrogen-bond donors (Lipinski definition) is 0. The summed E-state index contributed by atoms with van der Waals surface area (Å²) < 4.78 is 6.47. The van der Waals surface area contributed by atoms with Gasteiger partial charge in [-0.3, -0.25) is 9.69 Å². The van der Waals surface area contributed by atoms with E-state index in [-0.39, 0.29) is 29.8 Å². The minimum atomic E-state index is -0.308. The molecule has 0 aliphatic carbocycles. The fourth-order valence-electron chi connectivity index (χ4n) is 7.66. The van der Waals surface area contributed by atoms with Crippen molar-refractivity contribution in [3.05, 3.63) is 71.4 Å². The lowest BCUT2D eigenvalue weighted by Gasteiger charge is -2.52. The van der Waals surface area contributed by atoms with Crippen LogP contribution in [-0.2, 0) is 17.8 Å². The van der Waals surface area contributed by atoms with Crippen LogP contribution in [0.25, 0.3) is 10.8 Å². The molecule has 0 radical (unpaired) electrons. The van der Waals surface area contributed by atoms with Crippen LogP contribution < -0.4 is 14.5 Å². The van der Waals surface area contributed by atoms with Crippen molar-refractivity contribution in [3.8, 4) is 18.0 Å². The molecule has 2 saturated heterocycles. The zero-order valence-corrected chi connectivity index (χ0v) is 26.7. The van der Waals surface area contributed by atoms with Gasteiger partial charge in [-0.25, -0.2) is 4.98 Å². The van der Waals surface area contributed by atoms with Gasteiger partial charge in [-0.2, -0.15) is 10.5 Å². The van der Waals surface area contributed by atoms with Crippen LogP contribution in [0.4, 0.5) is 11.4 Å². The number of amides is 1. The van der Waals surface area contributed by atoms with Crippen LogP contribution in [0.2, 0.25) is 0 Å². The number of piperazine rings is 1. The number of nitrogens with zero attached hydrogens (tertiary/aromatic N) is 7. The number of benzene rings is 2. The Kier molecular flexibility index (Phi) is 8.16. The summed E-state index contributed by atoms with van der Waals surface area (Å²) >= 11 is 0. The minimum absolute atomic E-state index is 0.111. The number of likely N-dealkylation sites (N-methyl/N-ethyl adjacent to an activating group) is 1. The largest absolute Gasteiger partial charge is 0.475 e. The molecule has 0 bridgehead atoms. The van der Waals surface area contributed by atoms with Crippen molar-refractivity contribution in [2.45, 2.75) is 52.2 Å². The van der Waals surface area contributed by atoms with Gasteiger partial charge in [-0.05, 0) is 48.9 Å². The lowest BCUT2D eigenvalue weighted by atomic mass is 9.76. The maximum Gasteiger partial charge on any atom is 0.246 e. The Bertz CT molecular complexity index is 1730. The first kappa shape index (κ1) is 30.4. The summed E-state index contributed by atoms with van der Waals surface area (Å²) in [5.41, 5.74) is 5.73. The van der Waals surface area contributed by atoms with Crippen molar-refractivity contribution in [2.24, 2.45) is 5.41 Å². The molecule has 9 nitrogen and oxygen atoms in total. The topological polar surface area (TPSA) is 99.7 Å². The number of hydrogen-bond acceptors (Lipinski definition) is 8. The summed E-state index contributed by atoms with van der Waals surface area (Å²) in [6, 6.07) is 17.4. The number of ether oxygens (including phenoxy) is 1. The van der Waals surface area contributed by atoms with E-state index in [1.165, 1.54) is 28.1 Å². The van der Waals surface area contributed by atoms with E-state index >= 15 is 0 Å². The Morgan fingerprint density at radius 3 is 2.62 bits per heavy atom. The second-order valence-electron chi connectivity index (χ2n) is 13.2. The molecule has 45 heavy (non-hydrogen) atoms. The molecular weight excluding hydrogens is 562 g/mol. The number of aryl methyl sites for hydroxylation is 1. The zero-order chi connectivity index (χ0) is 31.9. The number of likely N-dealkylation sites (tertiary alicyclic amines) is 1. The molecule has 0 spiro atoms. The van der Waals surface area contributed by atoms with Gasteiger partial charge in [-0.15, -0.1) is 0 Å². The molecule has 3 aromatic rings. The molecule has 3 aliphatic heterocycles. The summed E-state index contributed by atoms with van der Waals surface area (Å²) in [5, 5.41) is 22.7. The third-order valence-electron chi connectivity index (χ3n) is 9.89. The molecule has 2 aromatic carbocycles. The van der Waals surface area contributed by atoms with Crippen LogP contribution in [0.5, 0.6) is 5.88 Å². The zero-order valence-electron chi connectivity index (χ0n) is 26.7. The van der Waals surface area contributed by atoms with E-state index in [2.05, 4.69) is 97.6 Å². The first-order valence-corrected chi connectivity index (χ1v) is 15.7. The van der Waals surface area contributed by atoms with Crippen molar-refractivity contribution < 1.29 is 9.53 Å². The average molecular weight is 604 g/mol. The Morgan fingerprint density at radius 2 is 1.93 bits per heavy atom. The third kappa shape index (κ3) is 5.47. The van der Waals surface area contributed by atoms with Gasteiger partial charge in [0.2, 0.25) is 11.8 Å². The van der Waals surface area contributed by atoms with Crippen molar-refractivity contribution in [3.63, 3.8) is 0 Å². The van der Waals surface area contributed by atoms with Crippen LogP contribution >= 0.6 is 0 Å². The number of fused-ring (bicyclic) bond motifs is 2. The van der Waals surface area contributed by atoms with Crippen LogP contribution in [0.1, 0.15) is 42.7 Å². The highest BCUT2D eigenvalue weighted by atomic mass is 16.5. The van der Waals surface area contributed by atoms with Crippen molar-refractivity contribution in [1.82, 2.24) is 14.8 Å². The second kappa shape index (κ2) is 12.1. The highest BCUT2D eigenvalue weighted by Gasteiger charge is 2.44. The third-order valence-corrected chi connectivity index (χ3v) is 9.89. The predicted molar refractivity (Wildman–Crippen MR) is 176 cm³/mol. The molecule has 232 valence electrons. The molecule has 3 aliphatic rings. The van der Waals surface area contributed by atoms with E-state index in [0.29, 0.717) is 50.7 Å². The van der Waals surface area contributed by atoms with Gasteiger partial charge < -0.3 is 19.4 Å². The molecule has 2 unspecified atom stereocenters. The maximum absolute atomic E-state index is 12.6. The van der Waals surface area contributed by atoms with E-state index in [9.17, 15) is 15.3 Å². The molecule has 0 saturated carbocycles. The van der Waals surface area contributed by atoms with Gasteiger partial charge in [0, 0.05) is 55.4 Å².